The van der Waals surface area contributed by atoms with Crippen LogP contribution in [-0.4, -0.2) is 20.9 Å². The van der Waals surface area contributed by atoms with Crippen molar-refractivity contribution >= 4 is 16.9 Å². The Morgan fingerprint density at radius 1 is 0.889 bits per heavy atom. The van der Waals surface area contributed by atoms with Crippen molar-refractivity contribution in [3.8, 4) is 39.9 Å². The van der Waals surface area contributed by atoms with E-state index >= 15 is 0 Å². The Morgan fingerprint density at radius 3 is 2.18 bits per heavy atom. The Labute approximate surface area is 251 Å². The van der Waals surface area contributed by atoms with Crippen molar-refractivity contribution in [3.63, 3.8) is 0 Å². The number of halogens is 3. The molecule has 2 heterocycles. The maximum atomic E-state index is 14.1. The van der Waals surface area contributed by atoms with Crippen LogP contribution in [0.3, 0.4) is 0 Å². The lowest BCUT2D eigenvalue weighted by molar-refractivity contribution is -0.154. The highest BCUT2D eigenvalue weighted by Gasteiger charge is 2.41. The number of carbonyl (C=O) groups excluding carboxylic acids is 1. The normalized spacial score (nSPS) is 11.5. The minimum atomic E-state index is -5.14. The Bertz CT molecular complexity index is 2170. The van der Waals surface area contributed by atoms with Gasteiger partial charge in [-0.25, -0.2) is 9.48 Å². The van der Waals surface area contributed by atoms with Crippen LogP contribution in [0.5, 0.6) is 23.0 Å². The maximum Gasteiger partial charge on any atom is 0.453 e. The number of aromatic amines is 1. The summed E-state index contributed by atoms with van der Waals surface area (Å²) >= 11 is 0. The second kappa shape index (κ2) is 11.2. The van der Waals surface area contributed by atoms with Crippen molar-refractivity contribution in [3.05, 3.63) is 135 Å². The third-order valence-corrected chi connectivity index (χ3v) is 6.91. The van der Waals surface area contributed by atoms with E-state index in [1.165, 1.54) is 41.9 Å². The Hall–Kier alpha value is -6.04. The first kappa shape index (κ1) is 29.1. The lowest BCUT2D eigenvalue weighted by Crippen LogP contribution is -2.23. The van der Waals surface area contributed by atoms with Gasteiger partial charge in [0.15, 0.2) is 5.56 Å². The predicted molar refractivity (Wildman–Crippen MR) is 157 cm³/mol. The molecule has 0 amide bonds. The molecule has 0 aliphatic rings. The lowest BCUT2D eigenvalue weighted by Gasteiger charge is -2.15. The molecule has 0 spiro atoms. The number of phenolic OH excluding ortho intramolecular Hbond substituents is 1. The standard InChI is InChI=1S/C33H21F3N2O7/c1-18-24(17-16-23-27(40)29(30(33(34,35)36)45-28(18)23)43-22-14-12-21(39)13-15-22)44-32(42)25-26(19-8-4-2-5-9-19)37-38(31(25)41)20-10-6-3-7-11-20/h2-17,37,39H,1H3. The van der Waals surface area contributed by atoms with Crippen LogP contribution in [0.2, 0.25) is 0 Å². The molecule has 0 atom stereocenters. The van der Waals surface area contributed by atoms with Gasteiger partial charge in [0.05, 0.1) is 16.8 Å². The quantitative estimate of drug-likeness (QED) is 0.153. The van der Waals surface area contributed by atoms with Gasteiger partial charge in [0.1, 0.15) is 22.8 Å². The number of aryl methyl sites for hydroxylation is 1. The number of esters is 1. The zero-order valence-corrected chi connectivity index (χ0v) is 23.2. The molecule has 0 aliphatic heterocycles. The number of hydrogen-bond acceptors (Lipinski definition) is 7. The van der Waals surface area contributed by atoms with Crippen LogP contribution in [0.15, 0.2) is 111 Å². The molecule has 0 fully saturated rings. The van der Waals surface area contributed by atoms with Crippen molar-refractivity contribution in [1.29, 1.82) is 0 Å². The number of hydrogen-bond donors (Lipinski definition) is 2. The van der Waals surface area contributed by atoms with Crippen LogP contribution in [0.1, 0.15) is 21.7 Å². The number of H-pyrrole nitrogens is 1. The molecular formula is C33H21F3N2O7. The highest BCUT2D eigenvalue weighted by Crippen LogP contribution is 2.40. The van der Waals surface area contributed by atoms with Crippen molar-refractivity contribution in [2.24, 2.45) is 0 Å². The second-order valence-corrected chi connectivity index (χ2v) is 9.84. The average molecular weight is 615 g/mol. The zero-order chi connectivity index (χ0) is 31.9. The summed E-state index contributed by atoms with van der Waals surface area (Å²) in [5.74, 6) is -4.43. The summed E-state index contributed by atoms with van der Waals surface area (Å²) in [6, 6.07) is 24.2. The fourth-order valence-electron chi connectivity index (χ4n) is 4.73. The molecule has 2 aromatic heterocycles. The predicted octanol–water partition coefficient (Wildman–Crippen LogP) is 6.98. The van der Waals surface area contributed by atoms with Crippen LogP contribution in [-0.2, 0) is 6.18 Å². The van der Waals surface area contributed by atoms with E-state index in [-0.39, 0.29) is 39.5 Å². The van der Waals surface area contributed by atoms with Gasteiger partial charge < -0.3 is 19.0 Å². The largest absolute Gasteiger partial charge is 0.508 e. The van der Waals surface area contributed by atoms with Gasteiger partial charge in [-0.1, -0.05) is 48.5 Å². The number of aromatic nitrogens is 2. The van der Waals surface area contributed by atoms with Gasteiger partial charge in [0.2, 0.25) is 11.2 Å². The summed E-state index contributed by atoms with van der Waals surface area (Å²) in [6.07, 6.45) is -5.14. The van der Waals surface area contributed by atoms with Gasteiger partial charge in [-0.3, -0.25) is 14.7 Å². The van der Waals surface area contributed by atoms with Crippen molar-refractivity contribution < 1.29 is 37.0 Å². The molecule has 0 saturated heterocycles. The number of alkyl halides is 3. The molecule has 12 heteroatoms. The minimum absolute atomic E-state index is 0.0974. The molecule has 0 unspecified atom stereocenters. The van der Waals surface area contributed by atoms with E-state index in [4.69, 9.17) is 13.9 Å². The molecule has 9 nitrogen and oxygen atoms in total. The van der Waals surface area contributed by atoms with Gasteiger partial charge in [-0.05, 0) is 55.5 Å². The Balaban J connectivity index is 1.44. The number of benzene rings is 4. The molecular weight excluding hydrogens is 593 g/mol. The van der Waals surface area contributed by atoms with Gasteiger partial charge in [-0.15, -0.1) is 0 Å². The van der Waals surface area contributed by atoms with Gasteiger partial charge in [0, 0.05) is 11.1 Å². The Kier molecular flexibility index (Phi) is 7.25. The number of rotatable bonds is 6. The second-order valence-electron chi connectivity index (χ2n) is 9.84. The zero-order valence-electron chi connectivity index (χ0n) is 23.2. The van der Waals surface area contributed by atoms with E-state index in [0.717, 1.165) is 6.07 Å². The summed E-state index contributed by atoms with van der Waals surface area (Å²) in [5.41, 5.74) is -1.66. The van der Waals surface area contributed by atoms with Gasteiger partial charge in [-0.2, -0.15) is 13.2 Å². The van der Waals surface area contributed by atoms with E-state index < -0.39 is 40.2 Å². The number of para-hydroxylation sites is 1. The number of carbonyl (C=O) groups is 1. The van der Waals surface area contributed by atoms with E-state index in [1.54, 1.807) is 60.7 Å². The number of nitrogens with one attached hydrogen (secondary N) is 1. The summed E-state index contributed by atoms with van der Waals surface area (Å²) in [6.45, 7) is 1.31. The first-order valence-electron chi connectivity index (χ1n) is 13.4. The number of ether oxygens (including phenoxy) is 2. The van der Waals surface area contributed by atoms with E-state index in [0.29, 0.717) is 11.3 Å². The van der Waals surface area contributed by atoms with Gasteiger partial charge in [0.25, 0.3) is 11.3 Å². The van der Waals surface area contributed by atoms with Crippen molar-refractivity contribution in [2.75, 3.05) is 0 Å². The van der Waals surface area contributed by atoms with Crippen molar-refractivity contribution in [1.82, 2.24) is 9.78 Å². The third kappa shape index (κ3) is 5.44. The topological polar surface area (TPSA) is 124 Å². The SMILES string of the molecule is Cc1c(OC(=O)c2c(-c3ccccc3)[nH]n(-c3ccccc3)c2=O)ccc2c(=O)c(Oc3ccc(O)cc3)c(C(F)(F)F)oc12. The highest BCUT2D eigenvalue weighted by atomic mass is 19.4. The molecule has 45 heavy (non-hydrogen) atoms. The summed E-state index contributed by atoms with van der Waals surface area (Å²) in [5, 5.41) is 12.1. The number of fused-ring (bicyclic) bond motifs is 1. The molecule has 226 valence electrons. The van der Waals surface area contributed by atoms with Crippen LogP contribution >= 0.6 is 0 Å². The number of phenols is 1. The summed E-state index contributed by atoms with van der Waals surface area (Å²) in [4.78, 5) is 40.4. The molecule has 6 aromatic rings. The van der Waals surface area contributed by atoms with Crippen LogP contribution in [0, 0.1) is 6.92 Å². The smallest absolute Gasteiger partial charge is 0.453 e. The molecule has 6 rings (SSSR count). The van der Waals surface area contributed by atoms with Crippen molar-refractivity contribution in [2.45, 2.75) is 13.1 Å². The average Bonchev–Trinajstić information content (AvgIpc) is 3.38. The molecule has 0 radical (unpaired) electrons. The van der Waals surface area contributed by atoms with Gasteiger partial charge >= 0.3 is 12.1 Å². The summed E-state index contributed by atoms with van der Waals surface area (Å²) < 4.78 is 59.5. The van der Waals surface area contributed by atoms with Crippen LogP contribution in [0.4, 0.5) is 13.2 Å². The fourth-order valence-corrected chi connectivity index (χ4v) is 4.73. The number of nitrogens with zero attached hydrogens (tertiary/aromatic N) is 1. The van der Waals surface area contributed by atoms with E-state index in [1.807, 2.05) is 0 Å². The first-order valence-corrected chi connectivity index (χ1v) is 13.4. The molecule has 0 saturated carbocycles. The minimum Gasteiger partial charge on any atom is -0.508 e. The lowest BCUT2D eigenvalue weighted by atomic mass is 10.1. The maximum absolute atomic E-state index is 14.1. The summed E-state index contributed by atoms with van der Waals surface area (Å²) in [7, 11) is 0. The highest BCUT2D eigenvalue weighted by molar-refractivity contribution is 5.98. The molecule has 0 bridgehead atoms. The van der Waals surface area contributed by atoms with E-state index in [9.17, 15) is 32.7 Å². The molecule has 2 N–H and O–H groups in total. The third-order valence-electron chi connectivity index (χ3n) is 6.91. The number of aromatic hydroxyl groups is 1. The molecule has 4 aromatic carbocycles. The van der Waals surface area contributed by atoms with Crippen LogP contribution < -0.4 is 20.5 Å². The fraction of sp³-hybridized carbons (Fsp3) is 0.0606. The Morgan fingerprint density at radius 2 is 1.53 bits per heavy atom. The van der Waals surface area contributed by atoms with E-state index in [2.05, 4.69) is 5.10 Å². The van der Waals surface area contributed by atoms with Crippen LogP contribution in [0.25, 0.3) is 27.9 Å². The monoisotopic (exact) mass is 614 g/mol. The molecule has 0 aliphatic carbocycles. The first-order chi connectivity index (χ1) is 21.5.